The number of nitrogens with one attached hydrogen (secondary N) is 1. The van der Waals surface area contributed by atoms with Gasteiger partial charge in [0.15, 0.2) is 0 Å². The van der Waals surface area contributed by atoms with Crippen molar-refractivity contribution in [3.8, 4) is 0 Å². The summed E-state index contributed by atoms with van der Waals surface area (Å²) in [7, 11) is 1.60. The second kappa shape index (κ2) is 6.48. The molecule has 0 aliphatic carbocycles. The minimum Gasteiger partial charge on any atom is -0.380 e. The van der Waals surface area contributed by atoms with Gasteiger partial charge in [0, 0.05) is 18.4 Å². The molecule has 106 valence electrons. The van der Waals surface area contributed by atoms with E-state index in [-0.39, 0.29) is 5.56 Å². The Balaban J connectivity index is 2.02. The summed E-state index contributed by atoms with van der Waals surface area (Å²) in [5.74, 6) is -2.90. The molecule has 4 heteroatoms. The first-order valence-corrected chi connectivity index (χ1v) is 6.37. The maximum absolute atomic E-state index is 14.0. The van der Waals surface area contributed by atoms with E-state index in [1.807, 2.05) is 18.2 Å². The molecule has 0 aliphatic heterocycles. The summed E-state index contributed by atoms with van der Waals surface area (Å²) in [6.45, 7) is 0.0258. The molecule has 0 atom stereocenters. The minimum atomic E-state index is -2.90. The third-order valence-electron chi connectivity index (χ3n) is 2.95. The van der Waals surface area contributed by atoms with Crippen LogP contribution in [0, 0.1) is 0 Å². The summed E-state index contributed by atoms with van der Waals surface area (Å²) in [6, 6.07) is 15.1. The van der Waals surface area contributed by atoms with Crippen molar-refractivity contribution in [3.63, 3.8) is 0 Å². The molecule has 0 unspecified atom stereocenters. The van der Waals surface area contributed by atoms with Gasteiger partial charge in [0.25, 0.3) is 5.92 Å². The van der Waals surface area contributed by atoms with Gasteiger partial charge >= 0.3 is 0 Å². The standard InChI is InChI=1S/C16H17F2NO/c1-20-11-13-6-5-9-15(10-13)19-12-16(17,18)14-7-3-2-4-8-14/h2-10,19H,11-12H2,1H3. The van der Waals surface area contributed by atoms with Crippen molar-refractivity contribution in [1.29, 1.82) is 0 Å². The SMILES string of the molecule is COCc1cccc(NCC(F)(F)c2ccccc2)c1. The molecule has 20 heavy (non-hydrogen) atoms. The van der Waals surface area contributed by atoms with Gasteiger partial charge in [-0.1, -0.05) is 42.5 Å². The lowest BCUT2D eigenvalue weighted by atomic mass is 10.1. The zero-order valence-corrected chi connectivity index (χ0v) is 11.3. The van der Waals surface area contributed by atoms with Gasteiger partial charge in [-0.25, -0.2) is 0 Å². The quantitative estimate of drug-likeness (QED) is 0.860. The highest BCUT2D eigenvalue weighted by Gasteiger charge is 2.30. The van der Waals surface area contributed by atoms with Crippen LogP contribution in [0.2, 0.25) is 0 Å². The van der Waals surface area contributed by atoms with E-state index in [9.17, 15) is 8.78 Å². The van der Waals surface area contributed by atoms with Crippen molar-refractivity contribution in [2.24, 2.45) is 0 Å². The highest BCUT2D eigenvalue weighted by molar-refractivity contribution is 5.46. The fourth-order valence-electron chi connectivity index (χ4n) is 1.93. The highest BCUT2D eigenvalue weighted by atomic mass is 19.3. The van der Waals surface area contributed by atoms with Crippen LogP contribution in [-0.2, 0) is 17.3 Å². The maximum atomic E-state index is 14.0. The molecule has 0 spiro atoms. The molecule has 0 fully saturated rings. The molecule has 0 heterocycles. The number of alkyl halides is 2. The Kier molecular flexibility index (Phi) is 4.69. The van der Waals surface area contributed by atoms with E-state index in [1.165, 1.54) is 12.1 Å². The number of rotatable bonds is 6. The second-order valence-corrected chi connectivity index (χ2v) is 4.56. The fraction of sp³-hybridized carbons (Fsp3) is 0.250. The number of benzene rings is 2. The third-order valence-corrected chi connectivity index (χ3v) is 2.95. The summed E-state index contributed by atoms with van der Waals surface area (Å²) < 4.78 is 33.0. The Morgan fingerprint density at radius 2 is 1.80 bits per heavy atom. The second-order valence-electron chi connectivity index (χ2n) is 4.56. The predicted octanol–water partition coefficient (Wildman–Crippen LogP) is 4.04. The lowest BCUT2D eigenvalue weighted by molar-refractivity contribution is 0.0106. The average Bonchev–Trinajstić information content (AvgIpc) is 2.47. The molecule has 0 bridgehead atoms. The van der Waals surface area contributed by atoms with Crippen molar-refractivity contribution in [2.45, 2.75) is 12.5 Å². The number of hydrogen-bond acceptors (Lipinski definition) is 2. The van der Waals surface area contributed by atoms with Crippen LogP contribution in [0.15, 0.2) is 54.6 Å². The molecule has 0 amide bonds. The van der Waals surface area contributed by atoms with Gasteiger partial charge in [-0.3, -0.25) is 0 Å². The average molecular weight is 277 g/mol. The monoisotopic (exact) mass is 277 g/mol. The molecule has 2 aromatic rings. The number of halogens is 2. The number of anilines is 1. The van der Waals surface area contributed by atoms with E-state index in [0.717, 1.165) is 5.56 Å². The highest BCUT2D eigenvalue weighted by Crippen LogP contribution is 2.28. The molecule has 0 radical (unpaired) electrons. The molecule has 2 aromatic carbocycles. The Morgan fingerprint density at radius 3 is 2.50 bits per heavy atom. The van der Waals surface area contributed by atoms with E-state index < -0.39 is 12.5 Å². The van der Waals surface area contributed by atoms with E-state index in [0.29, 0.717) is 12.3 Å². The number of methoxy groups -OCH3 is 1. The van der Waals surface area contributed by atoms with E-state index in [2.05, 4.69) is 5.32 Å². The van der Waals surface area contributed by atoms with Gasteiger partial charge in [-0.2, -0.15) is 8.78 Å². The summed E-state index contributed by atoms with van der Waals surface area (Å²) in [5, 5.41) is 2.78. The first-order valence-electron chi connectivity index (χ1n) is 6.37. The van der Waals surface area contributed by atoms with Crippen LogP contribution in [0.1, 0.15) is 11.1 Å². The largest absolute Gasteiger partial charge is 0.380 e. The summed E-state index contributed by atoms with van der Waals surface area (Å²) in [5.41, 5.74) is 1.62. The van der Waals surface area contributed by atoms with Crippen LogP contribution in [0.4, 0.5) is 14.5 Å². The van der Waals surface area contributed by atoms with Gasteiger partial charge < -0.3 is 10.1 Å². The van der Waals surface area contributed by atoms with Gasteiger partial charge in [0.1, 0.15) is 0 Å². The van der Waals surface area contributed by atoms with E-state index >= 15 is 0 Å². The molecular weight excluding hydrogens is 260 g/mol. The number of ether oxygens (including phenoxy) is 1. The fourth-order valence-corrected chi connectivity index (χ4v) is 1.93. The summed E-state index contributed by atoms with van der Waals surface area (Å²) in [6.07, 6.45) is 0. The van der Waals surface area contributed by atoms with Crippen molar-refractivity contribution in [1.82, 2.24) is 0 Å². The van der Waals surface area contributed by atoms with Crippen molar-refractivity contribution < 1.29 is 13.5 Å². The van der Waals surface area contributed by atoms with Crippen LogP contribution in [0.3, 0.4) is 0 Å². The normalized spacial score (nSPS) is 11.3. The molecule has 2 rings (SSSR count). The molecule has 1 N–H and O–H groups in total. The third kappa shape index (κ3) is 3.78. The Morgan fingerprint density at radius 1 is 1.05 bits per heavy atom. The van der Waals surface area contributed by atoms with Gasteiger partial charge in [0.05, 0.1) is 13.2 Å². The van der Waals surface area contributed by atoms with Crippen LogP contribution < -0.4 is 5.32 Å². The van der Waals surface area contributed by atoms with Crippen molar-refractivity contribution in [3.05, 3.63) is 65.7 Å². The van der Waals surface area contributed by atoms with Crippen LogP contribution in [0.25, 0.3) is 0 Å². The maximum Gasteiger partial charge on any atom is 0.290 e. The smallest absolute Gasteiger partial charge is 0.290 e. The molecule has 2 nitrogen and oxygen atoms in total. The first-order chi connectivity index (χ1) is 9.62. The minimum absolute atomic E-state index is 0.0144. The molecule has 0 aromatic heterocycles. The lowest BCUT2D eigenvalue weighted by Crippen LogP contribution is -2.24. The van der Waals surface area contributed by atoms with Crippen LogP contribution >= 0.6 is 0 Å². The van der Waals surface area contributed by atoms with E-state index in [1.54, 1.807) is 31.4 Å². The predicted molar refractivity (Wildman–Crippen MR) is 76.0 cm³/mol. The topological polar surface area (TPSA) is 21.3 Å². The zero-order valence-electron chi connectivity index (χ0n) is 11.3. The van der Waals surface area contributed by atoms with Crippen LogP contribution in [0.5, 0.6) is 0 Å². The van der Waals surface area contributed by atoms with Crippen molar-refractivity contribution >= 4 is 5.69 Å². The molecule has 0 saturated carbocycles. The van der Waals surface area contributed by atoms with Crippen LogP contribution in [-0.4, -0.2) is 13.7 Å². The van der Waals surface area contributed by atoms with E-state index in [4.69, 9.17) is 4.74 Å². The lowest BCUT2D eigenvalue weighted by Gasteiger charge is -2.18. The van der Waals surface area contributed by atoms with Gasteiger partial charge in [-0.05, 0) is 17.7 Å². The molecule has 0 saturated heterocycles. The summed E-state index contributed by atoms with van der Waals surface area (Å²) in [4.78, 5) is 0. The van der Waals surface area contributed by atoms with Gasteiger partial charge in [0.2, 0.25) is 0 Å². The Bertz CT molecular complexity index is 543. The van der Waals surface area contributed by atoms with Crippen molar-refractivity contribution in [2.75, 3.05) is 19.0 Å². The zero-order chi connectivity index (χ0) is 14.4. The van der Waals surface area contributed by atoms with Gasteiger partial charge in [-0.15, -0.1) is 0 Å². The first kappa shape index (κ1) is 14.5. The molecule has 0 aliphatic rings. The Labute approximate surface area is 117 Å². The number of hydrogen-bond donors (Lipinski definition) is 1. The Hall–Kier alpha value is -1.94. The molecular formula is C16H17F2NO. The summed E-state index contributed by atoms with van der Waals surface area (Å²) >= 11 is 0.